The van der Waals surface area contributed by atoms with Crippen LogP contribution in [0.2, 0.25) is 0 Å². The third-order valence-corrected chi connectivity index (χ3v) is 4.67. The second kappa shape index (κ2) is 15.0. The summed E-state index contributed by atoms with van der Waals surface area (Å²) in [6, 6.07) is 29.3. The van der Waals surface area contributed by atoms with Gasteiger partial charge < -0.3 is 4.90 Å². The first-order valence-electron chi connectivity index (χ1n) is 11.2. The predicted octanol–water partition coefficient (Wildman–Crippen LogP) is 7.16. The Balaban J connectivity index is 0.00000106. The Morgan fingerprint density at radius 3 is 1.43 bits per heavy atom. The molecule has 0 saturated heterocycles. The number of aryl methyl sites for hydroxylation is 1. The second-order valence-corrected chi connectivity index (χ2v) is 6.67. The summed E-state index contributed by atoms with van der Waals surface area (Å²) < 4.78 is 0. The largest absolute Gasteiger partial charge is 0.356 e. The molecule has 30 heavy (non-hydrogen) atoms. The highest BCUT2D eigenvalue weighted by atomic mass is 15.2. The first kappa shape index (κ1) is 25.2. The van der Waals surface area contributed by atoms with Crippen LogP contribution in [0.3, 0.4) is 0 Å². The number of hydrogen-bond donors (Lipinski definition) is 1. The van der Waals surface area contributed by atoms with Gasteiger partial charge in [0.25, 0.3) is 0 Å². The Hall–Kier alpha value is -2.87. The summed E-state index contributed by atoms with van der Waals surface area (Å²) >= 11 is 0. The van der Waals surface area contributed by atoms with Crippen molar-refractivity contribution in [2.24, 2.45) is 0 Å². The molecule has 3 aromatic rings. The summed E-state index contributed by atoms with van der Waals surface area (Å²) in [5.74, 6) is 0.608. The van der Waals surface area contributed by atoms with E-state index in [0.717, 1.165) is 31.5 Å². The van der Waals surface area contributed by atoms with Crippen LogP contribution in [0.1, 0.15) is 49.9 Å². The van der Waals surface area contributed by atoms with Crippen LogP contribution in [-0.2, 0) is 12.8 Å². The summed E-state index contributed by atoms with van der Waals surface area (Å²) in [5, 5.41) is 8.72. The molecule has 0 spiro atoms. The monoisotopic (exact) mass is 402 g/mol. The predicted molar refractivity (Wildman–Crippen MR) is 133 cm³/mol. The maximum Gasteiger partial charge on any atom is 0.128 e. The molecule has 0 bridgehead atoms. The zero-order chi connectivity index (χ0) is 22.2. The van der Waals surface area contributed by atoms with Crippen molar-refractivity contribution in [2.45, 2.75) is 47.5 Å². The fourth-order valence-corrected chi connectivity index (χ4v) is 3.05. The molecule has 0 saturated carbocycles. The molecule has 0 amide bonds. The molecule has 0 atom stereocenters. The van der Waals surface area contributed by atoms with Crippen molar-refractivity contribution in [3.8, 4) is 0 Å². The number of rotatable bonds is 7. The quantitative estimate of drug-likeness (QED) is 0.329. The van der Waals surface area contributed by atoms with Crippen LogP contribution in [0.15, 0.2) is 84.9 Å². The number of benzene rings is 3. The molecule has 2 nitrogen and oxygen atoms in total. The molecular formula is C28H38N2. The van der Waals surface area contributed by atoms with Crippen LogP contribution in [0.5, 0.6) is 0 Å². The van der Waals surface area contributed by atoms with Crippen molar-refractivity contribution in [3.63, 3.8) is 0 Å². The second-order valence-electron chi connectivity index (χ2n) is 6.67. The smallest absolute Gasteiger partial charge is 0.128 e. The van der Waals surface area contributed by atoms with E-state index in [1.807, 2.05) is 39.8 Å². The van der Waals surface area contributed by atoms with Crippen molar-refractivity contribution in [1.82, 2.24) is 4.90 Å². The number of hydrogen-bond acceptors (Lipinski definition) is 1. The van der Waals surface area contributed by atoms with Gasteiger partial charge in [-0.25, -0.2) is 0 Å². The molecular weight excluding hydrogens is 364 g/mol. The van der Waals surface area contributed by atoms with Crippen LogP contribution in [0, 0.1) is 12.3 Å². The Morgan fingerprint density at radius 1 is 0.633 bits per heavy atom. The van der Waals surface area contributed by atoms with Crippen LogP contribution in [-0.4, -0.2) is 23.8 Å². The summed E-state index contributed by atoms with van der Waals surface area (Å²) in [5.41, 5.74) is 4.83. The van der Waals surface area contributed by atoms with Gasteiger partial charge in [-0.1, -0.05) is 118 Å². The van der Waals surface area contributed by atoms with Crippen molar-refractivity contribution in [2.75, 3.05) is 13.1 Å². The maximum atomic E-state index is 8.72. The van der Waals surface area contributed by atoms with Gasteiger partial charge in [-0.15, -0.1) is 0 Å². The van der Waals surface area contributed by atoms with E-state index in [4.69, 9.17) is 5.41 Å². The van der Waals surface area contributed by atoms with Gasteiger partial charge in [0.1, 0.15) is 5.84 Å². The van der Waals surface area contributed by atoms with E-state index >= 15 is 0 Å². The minimum Gasteiger partial charge on any atom is -0.356 e. The van der Waals surface area contributed by atoms with Crippen molar-refractivity contribution >= 4 is 5.84 Å². The van der Waals surface area contributed by atoms with Crippen molar-refractivity contribution < 1.29 is 0 Å². The highest BCUT2D eigenvalue weighted by molar-refractivity contribution is 5.96. The summed E-state index contributed by atoms with van der Waals surface area (Å²) in [4.78, 5) is 2.20. The van der Waals surface area contributed by atoms with E-state index in [1.165, 1.54) is 16.7 Å². The van der Waals surface area contributed by atoms with Crippen LogP contribution < -0.4 is 0 Å². The van der Waals surface area contributed by atoms with Gasteiger partial charge in [-0.3, -0.25) is 5.41 Å². The van der Waals surface area contributed by atoms with Gasteiger partial charge in [0.2, 0.25) is 0 Å². The summed E-state index contributed by atoms with van der Waals surface area (Å²) in [7, 11) is 0. The first-order valence-corrected chi connectivity index (χ1v) is 11.2. The maximum absolute atomic E-state index is 8.72. The number of nitrogens with zero attached hydrogens (tertiary/aromatic N) is 1. The summed E-state index contributed by atoms with van der Waals surface area (Å²) in [6.07, 6.45) is 1.90. The van der Waals surface area contributed by atoms with Gasteiger partial charge in [0, 0.05) is 18.7 Å². The molecule has 0 aromatic heterocycles. The molecule has 3 rings (SSSR count). The lowest BCUT2D eigenvalue weighted by Crippen LogP contribution is -2.34. The molecule has 0 unspecified atom stereocenters. The van der Waals surface area contributed by atoms with Gasteiger partial charge in [-0.05, 0) is 30.9 Å². The third kappa shape index (κ3) is 8.65. The Bertz CT molecular complexity index is 765. The molecule has 0 fully saturated rings. The summed E-state index contributed by atoms with van der Waals surface area (Å²) in [6.45, 7) is 11.8. The standard InChI is InChI=1S/C24H26N2.2C2H6/c1-20-12-14-23(15-13-20)24(25)26(18-16-21-8-4-2-5-9-21)19-17-22-10-6-3-7-11-22;2*1-2/h2-15,25H,16-19H2,1H3;2*1-2H3. The van der Waals surface area contributed by atoms with E-state index in [9.17, 15) is 0 Å². The lowest BCUT2D eigenvalue weighted by Gasteiger charge is -2.26. The molecule has 0 radical (unpaired) electrons. The average Bonchev–Trinajstić information content (AvgIpc) is 2.83. The zero-order valence-corrected chi connectivity index (χ0v) is 19.4. The number of amidine groups is 1. The Labute approximate surface area is 184 Å². The molecule has 0 aliphatic rings. The van der Waals surface area contributed by atoms with Crippen LogP contribution in [0.25, 0.3) is 0 Å². The highest BCUT2D eigenvalue weighted by Gasteiger charge is 2.12. The number of nitrogens with one attached hydrogen (secondary N) is 1. The average molecular weight is 403 g/mol. The highest BCUT2D eigenvalue weighted by Crippen LogP contribution is 2.11. The molecule has 1 N–H and O–H groups in total. The van der Waals surface area contributed by atoms with Gasteiger partial charge >= 0.3 is 0 Å². The fraction of sp³-hybridized carbons (Fsp3) is 0.321. The minimum atomic E-state index is 0.608. The van der Waals surface area contributed by atoms with Crippen LogP contribution >= 0.6 is 0 Å². The fourth-order valence-electron chi connectivity index (χ4n) is 3.05. The van der Waals surface area contributed by atoms with Crippen LogP contribution in [0.4, 0.5) is 0 Å². The Morgan fingerprint density at radius 2 is 1.03 bits per heavy atom. The van der Waals surface area contributed by atoms with E-state index in [0.29, 0.717) is 5.84 Å². The lowest BCUT2D eigenvalue weighted by molar-refractivity contribution is 0.424. The Kier molecular flexibility index (Phi) is 12.6. The third-order valence-electron chi connectivity index (χ3n) is 4.67. The van der Waals surface area contributed by atoms with Gasteiger partial charge in [0.05, 0.1) is 0 Å². The molecule has 0 heterocycles. The van der Waals surface area contributed by atoms with Gasteiger partial charge in [0.15, 0.2) is 0 Å². The molecule has 3 aromatic carbocycles. The molecule has 0 aliphatic carbocycles. The van der Waals surface area contributed by atoms with Gasteiger partial charge in [-0.2, -0.15) is 0 Å². The first-order chi connectivity index (χ1) is 14.7. The van der Waals surface area contributed by atoms with E-state index in [-0.39, 0.29) is 0 Å². The zero-order valence-electron chi connectivity index (χ0n) is 19.4. The van der Waals surface area contributed by atoms with E-state index < -0.39 is 0 Å². The lowest BCUT2D eigenvalue weighted by atomic mass is 10.1. The molecule has 0 aliphatic heterocycles. The van der Waals surface area contributed by atoms with E-state index in [2.05, 4.69) is 84.6 Å². The SMILES string of the molecule is CC.CC.Cc1ccc(C(=N)N(CCc2ccccc2)CCc2ccccc2)cc1. The van der Waals surface area contributed by atoms with Crippen molar-refractivity contribution in [3.05, 3.63) is 107 Å². The van der Waals surface area contributed by atoms with E-state index in [1.54, 1.807) is 0 Å². The molecule has 160 valence electrons. The van der Waals surface area contributed by atoms with Crippen molar-refractivity contribution in [1.29, 1.82) is 5.41 Å². The minimum absolute atomic E-state index is 0.608. The topological polar surface area (TPSA) is 27.1 Å². The molecule has 2 heteroatoms. The normalized spacial score (nSPS) is 9.50.